The zero-order valence-corrected chi connectivity index (χ0v) is 15.6. The molecule has 9 heteroatoms. The largest absolute Gasteiger partial charge is 0.497 e. The Bertz CT molecular complexity index is 1040. The minimum atomic E-state index is -0.571. The molecule has 3 aromatic rings. The van der Waals surface area contributed by atoms with Crippen molar-refractivity contribution < 1.29 is 23.9 Å². The van der Waals surface area contributed by atoms with E-state index >= 15 is 0 Å². The molecule has 0 saturated carbocycles. The quantitative estimate of drug-likeness (QED) is 0.495. The third-order valence-electron chi connectivity index (χ3n) is 4.27. The van der Waals surface area contributed by atoms with Crippen molar-refractivity contribution >= 4 is 28.2 Å². The van der Waals surface area contributed by atoms with E-state index in [1.165, 1.54) is 19.2 Å². The third kappa shape index (κ3) is 3.68. The highest BCUT2D eigenvalue weighted by atomic mass is 16.6. The second kappa shape index (κ2) is 7.87. The predicted octanol–water partition coefficient (Wildman–Crippen LogP) is 3.21. The van der Waals surface area contributed by atoms with Gasteiger partial charge in [-0.2, -0.15) is 0 Å². The highest BCUT2D eigenvalue weighted by Gasteiger charge is 2.18. The van der Waals surface area contributed by atoms with E-state index in [2.05, 4.69) is 5.32 Å². The molecule has 1 heterocycles. The number of fused-ring (bicyclic) bond motifs is 1. The number of hydrogen-bond acceptors (Lipinski definition) is 6. The summed E-state index contributed by atoms with van der Waals surface area (Å²) in [6.45, 7) is -0.0387. The number of carbonyl (C=O) groups excluding carboxylic acids is 1. The van der Waals surface area contributed by atoms with Gasteiger partial charge in [0.25, 0.3) is 5.69 Å². The normalized spacial score (nSPS) is 10.5. The van der Waals surface area contributed by atoms with Crippen LogP contribution >= 0.6 is 0 Å². The summed E-state index contributed by atoms with van der Waals surface area (Å²) >= 11 is 0. The van der Waals surface area contributed by atoms with E-state index in [9.17, 15) is 14.9 Å². The van der Waals surface area contributed by atoms with E-state index in [4.69, 9.17) is 14.2 Å². The monoisotopic (exact) mass is 385 g/mol. The minimum absolute atomic E-state index is 0.0387. The lowest BCUT2D eigenvalue weighted by molar-refractivity contribution is -0.384. The van der Waals surface area contributed by atoms with Crippen molar-refractivity contribution in [3.8, 4) is 17.2 Å². The highest BCUT2D eigenvalue weighted by Crippen LogP contribution is 2.32. The van der Waals surface area contributed by atoms with Crippen LogP contribution in [0.4, 0.5) is 11.4 Å². The molecule has 1 N–H and O–H groups in total. The zero-order chi connectivity index (χ0) is 20.3. The lowest BCUT2D eigenvalue weighted by Crippen LogP contribution is -2.19. The first-order chi connectivity index (χ1) is 13.5. The van der Waals surface area contributed by atoms with E-state index < -0.39 is 10.8 Å². The number of rotatable bonds is 7. The summed E-state index contributed by atoms with van der Waals surface area (Å²) in [6.07, 6.45) is 1.74. The average molecular weight is 385 g/mol. The van der Waals surface area contributed by atoms with Crippen LogP contribution in [-0.2, 0) is 11.3 Å². The first kappa shape index (κ1) is 19.0. The number of carbonyl (C=O) groups is 1. The van der Waals surface area contributed by atoms with Gasteiger partial charge < -0.3 is 24.1 Å². The summed E-state index contributed by atoms with van der Waals surface area (Å²) in [6, 6.07) is 9.62. The van der Waals surface area contributed by atoms with Gasteiger partial charge in [-0.05, 0) is 18.2 Å². The summed E-state index contributed by atoms with van der Waals surface area (Å²) in [5.74, 6) is 1.14. The van der Waals surface area contributed by atoms with Gasteiger partial charge in [0.15, 0.2) is 0 Å². The first-order valence-corrected chi connectivity index (χ1v) is 8.30. The Hall–Kier alpha value is -3.75. The molecule has 0 radical (unpaired) electrons. The molecule has 0 unspecified atom stereocenters. The van der Waals surface area contributed by atoms with E-state index in [0.29, 0.717) is 17.2 Å². The lowest BCUT2D eigenvalue weighted by atomic mass is 10.2. The molecule has 3 rings (SSSR count). The van der Waals surface area contributed by atoms with Crippen molar-refractivity contribution in [1.82, 2.24) is 4.57 Å². The van der Waals surface area contributed by atoms with Crippen molar-refractivity contribution in [1.29, 1.82) is 0 Å². The van der Waals surface area contributed by atoms with Gasteiger partial charge >= 0.3 is 0 Å². The van der Waals surface area contributed by atoms with E-state index in [0.717, 1.165) is 10.9 Å². The topological polar surface area (TPSA) is 105 Å². The summed E-state index contributed by atoms with van der Waals surface area (Å²) in [5.41, 5.74) is 0.603. The highest BCUT2D eigenvalue weighted by molar-refractivity contribution is 5.95. The molecule has 0 aliphatic rings. The molecule has 1 amide bonds. The molecule has 0 bridgehead atoms. The number of hydrogen-bond donors (Lipinski definition) is 1. The van der Waals surface area contributed by atoms with Gasteiger partial charge in [-0.1, -0.05) is 0 Å². The number of nitrogens with one attached hydrogen (secondary N) is 1. The lowest BCUT2D eigenvalue weighted by Gasteiger charge is -2.10. The Morgan fingerprint density at radius 1 is 1.07 bits per heavy atom. The molecule has 146 valence electrons. The molecule has 0 saturated heterocycles. The van der Waals surface area contributed by atoms with Gasteiger partial charge in [0.2, 0.25) is 5.91 Å². The number of methoxy groups -OCH3 is 3. The fourth-order valence-electron chi connectivity index (χ4n) is 2.90. The SMILES string of the molecule is COc1ccc(NC(=O)Cn2ccc3c(OC)cc(OC)cc32)c([N+](=O)[O-])c1. The molecule has 2 aromatic carbocycles. The van der Waals surface area contributed by atoms with Crippen LogP contribution in [0, 0.1) is 10.1 Å². The number of aromatic nitrogens is 1. The Kier molecular flexibility index (Phi) is 5.35. The van der Waals surface area contributed by atoms with E-state index in [-0.39, 0.29) is 17.9 Å². The Morgan fingerprint density at radius 3 is 2.46 bits per heavy atom. The molecule has 0 spiro atoms. The van der Waals surface area contributed by atoms with Crippen molar-refractivity contribution in [2.45, 2.75) is 6.54 Å². The number of nitro benzene ring substituents is 1. The second-order valence-corrected chi connectivity index (χ2v) is 5.89. The average Bonchev–Trinajstić information content (AvgIpc) is 3.09. The van der Waals surface area contributed by atoms with Gasteiger partial charge in [0, 0.05) is 23.7 Å². The van der Waals surface area contributed by atoms with Crippen molar-refractivity contribution in [3.63, 3.8) is 0 Å². The van der Waals surface area contributed by atoms with Crippen molar-refractivity contribution in [2.24, 2.45) is 0 Å². The molecular weight excluding hydrogens is 366 g/mol. The molecule has 0 aliphatic heterocycles. The van der Waals surface area contributed by atoms with Gasteiger partial charge in [0.1, 0.15) is 29.5 Å². The Labute approximate surface area is 160 Å². The van der Waals surface area contributed by atoms with Crippen LogP contribution in [0.3, 0.4) is 0 Å². The van der Waals surface area contributed by atoms with Gasteiger partial charge in [-0.25, -0.2) is 0 Å². The van der Waals surface area contributed by atoms with Crippen LogP contribution in [0.5, 0.6) is 17.2 Å². The van der Waals surface area contributed by atoms with Crippen LogP contribution in [0.15, 0.2) is 42.6 Å². The Morgan fingerprint density at radius 2 is 1.82 bits per heavy atom. The molecule has 1 aromatic heterocycles. The van der Waals surface area contributed by atoms with Gasteiger partial charge in [-0.3, -0.25) is 14.9 Å². The number of nitro groups is 1. The smallest absolute Gasteiger partial charge is 0.296 e. The number of nitrogens with zero attached hydrogens (tertiary/aromatic N) is 2. The zero-order valence-electron chi connectivity index (χ0n) is 15.6. The van der Waals surface area contributed by atoms with Crippen molar-refractivity contribution in [3.05, 3.63) is 52.7 Å². The predicted molar refractivity (Wildman–Crippen MR) is 103 cm³/mol. The van der Waals surface area contributed by atoms with E-state index in [1.807, 2.05) is 6.07 Å². The maximum Gasteiger partial charge on any atom is 0.296 e. The number of anilines is 1. The van der Waals surface area contributed by atoms with Crippen LogP contribution in [0.2, 0.25) is 0 Å². The van der Waals surface area contributed by atoms with Crippen LogP contribution < -0.4 is 19.5 Å². The van der Waals surface area contributed by atoms with Crippen LogP contribution in [-0.4, -0.2) is 36.7 Å². The molecule has 0 atom stereocenters. The standard InChI is InChI=1S/C19H19N3O6/c1-26-12-4-5-15(17(8-12)22(24)25)20-19(23)11-21-7-6-14-16(21)9-13(27-2)10-18(14)28-3/h4-10H,11H2,1-3H3,(H,20,23). The summed E-state index contributed by atoms with van der Waals surface area (Å²) < 4.78 is 17.4. The number of ether oxygens (including phenoxy) is 3. The maximum absolute atomic E-state index is 12.5. The fraction of sp³-hybridized carbons (Fsp3) is 0.211. The van der Waals surface area contributed by atoms with Gasteiger partial charge in [0.05, 0.1) is 37.8 Å². The fourth-order valence-corrected chi connectivity index (χ4v) is 2.90. The van der Waals surface area contributed by atoms with Gasteiger partial charge in [-0.15, -0.1) is 0 Å². The summed E-state index contributed by atoms with van der Waals surface area (Å²) in [7, 11) is 4.52. The first-order valence-electron chi connectivity index (χ1n) is 8.30. The van der Waals surface area contributed by atoms with E-state index in [1.54, 1.807) is 43.2 Å². The molecule has 0 fully saturated rings. The molecule has 0 aliphatic carbocycles. The minimum Gasteiger partial charge on any atom is -0.497 e. The molecule has 9 nitrogen and oxygen atoms in total. The van der Waals surface area contributed by atoms with Crippen LogP contribution in [0.25, 0.3) is 10.9 Å². The third-order valence-corrected chi connectivity index (χ3v) is 4.27. The van der Waals surface area contributed by atoms with Crippen molar-refractivity contribution in [2.75, 3.05) is 26.6 Å². The molecular formula is C19H19N3O6. The number of benzene rings is 2. The summed E-state index contributed by atoms with van der Waals surface area (Å²) in [5, 5.41) is 14.7. The summed E-state index contributed by atoms with van der Waals surface area (Å²) in [4.78, 5) is 23.2. The van der Waals surface area contributed by atoms with Crippen LogP contribution in [0.1, 0.15) is 0 Å². The number of amides is 1. The molecule has 28 heavy (non-hydrogen) atoms. The maximum atomic E-state index is 12.5. The second-order valence-electron chi connectivity index (χ2n) is 5.89. The Balaban J connectivity index is 1.87.